The topological polar surface area (TPSA) is 43.1 Å². The van der Waals surface area contributed by atoms with Gasteiger partial charge in [0.15, 0.2) is 5.78 Å². The Morgan fingerprint density at radius 1 is 1.29 bits per heavy atom. The fourth-order valence-electron chi connectivity index (χ4n) is 2.37. The quantitative estimate of drug-likeness (QED) is 0.834. The van der Waals surface area contributed by atoms with E-state index in [0.717, 1.165) is 25.7 Å². The fraction of sp³-hybridized carbons (Fsp3) is 0.462. The van der Waals surface area contributed by atoms with E-state index in [9.17, 15) is 4.79 Å². The molecule has 17 heavy (non-hydrogen) atoms. The van der Waals surface area contributed by atoms with Crippen LogP contribution >= 0.6 is 23.2 Å². The Hall–Kier alpha value is -0.570. The molecular formula is C13H15Cl2NO. The number of halogens is 2. The summed E-state index contributed by atoms with van der Waals surface area (Å²) in [6.45, 7) is 0. The van der Waals surface area contributed by atoms with Gasteiger partial charge in [0.05, 0.1) is 5.02 Å². The van der Waals surface area contributed by atoms with Crippen LogP contribution in [0.3, 0.4) is 0 Å². The van der Waals surface area contributed by atoms with Crippen molar-refractivity contribution in [1.29, 1.82) is 0 Å². The van der Waals surface area contributed by atoms with E-state index >= 15 is 0 Å². The third-order valence-corrected chi connectivity index (χ3v) is 3.84. The number of benzene rings is 1. The third-order valence-electron chi connectivity index (χ3n) is 3.28. The van der Waals surface area contributed by atoms with E-state index in [1.807, 2.05) is 0 Å². The molecule has 1 aromatic rings. The van der Waals surface area contributed by atoms with Crippen molar-refractivity contribution in [3.05, 3.63) is 33.8 Å². The molecule has 0 aromatic heterocycles. The molecule has 2 unspecified atom stereocenters. The number of hydrogen-bond donors (Lipinski definition) is 1. The first-order valence-corrected chi connectivity index (χ1v) is 6.58. The Morgan fingerprint density at radius 2 is 2.06 bits per heavy atom. The molecule has 0 bridgehead atoms. The molecule has 0 radical (unpaired) electrons. The predicted molar refractivity (Wildman–Crippen MR) is 70.7 cm³/mol. The van der Waals surface area contributed by atoms with Gasteiger partial charge in [-0.05, 0) is 37.5 Å². The molecule has 92 valence electrons. The number of carbonyl (C=O) groups excluding carboxylic acids is 1. The zero-order valence-electron chi connectivity index (χ0n) is 9.46. The number of ketones is 1. The number of carbonyl (C=O) groups is 1. The van der Waals surface area contributed by atoms with E-state index in [4.69, 9.17) is 28.9 Å². The molecule has 2 rings (SSSR count). The van der Waals surface area contributed by atoms with Crippen molar-refractivity contribution in [3.8, 4) is 0 Å². The maximum atomic E-state index is 12.3. The maximum absolute atomic E-state index is 12.3. The largest absolute Gasteiger partial charge is 0.328 e. The van der Waals surface area contributed by atoms with Gasteiger partial charge in [-0.25, -0.2) is 0 Å². The van der Waals surface area contributed by atoms with Gasteiger partial charge in [0.25, 0.3) is 0 Å². The molecule has 1 saturated carbocycles. The summed E-state index contributed by atoms with van der Waals surface area (Å²) < 4.78 is 0. The lowest BCUT2D eigenvalue weighted by Crippen LogP contribution is -2.31. The van der Waals surface area contributed by atoms with Crippen LogP contribution in [-0.2, 0) is 0 Å². The highest BCUT2D eigenvalue weighted by atomic mass is 35.5. The van der Waals surface area contributed by atoms with Gasteiger partial charge in [-0.15, -0.1) is 0 Å². The summed E-state index contributed by atoms with van der Waals surface area (Å²) in [5, 5.41) is 1.01. The van der Waals surface area contributed by atoms with E-state index in [1.54, 1.807) is 18.2 Å². The van der Waals surface area contributed by atoms with Gasteiger partial charge in [-0.3, -0.25) is 4.79 Å². The lowest BCUT2D eigenvalue weighted by Gasteiger charge is -2.25. The summed E-state index contributed by atoms with van der Waals surface area (Å²) in [5.74, 6) is 0.0716. The summed E-state index contributed by atoms with van der Waals surface area (Å²) >= 11 is 11.9. The van der Waals surface area contributed by atoms with Crippen LogP contribution in [0, 0.1) is 5.92 Å². The molecule has 4 heteroatoms. The highest BCUT2D eigenvalue weighted by Gasteiger charge is 2.27. The molecule has 0 aliphatic heterocycles. The molecule has 0 heterocycles. The summed E-state index contributed by atoms with van der Waals surface area (Å²) in [6.07, 6.45) is 3.67. The maximum Gasteiger partial charge on any atom is 0.167 e. The molecule has 1 aromatic carbocycles. The van der Waals surface area contributed by atoms with E-state index in [1.165, 1.54) is 0 Å². The lowest BCUT2D eigenvalue weighted by molar-refractivity contribution is 0.0881. The average Bonchev–Trinajstić information content (AvgIpc) is 2.31. The van der Waals surface area contributed by atoms with Crippen molar-refractivity contribution >= 4 is 29.0 Å². The molecule has 1 fully saturated rings. The number of nitrogens with two attached hydrogens (primary N) is 1. The summed E-state index contributed by atoms with van der Waals surface area (Å²) in [6, 6.07) is 5.13. The smallest absolute Gasteiger partial charge is 0.167 e. The first kappa shape index (κ1) is 12.9. The Balaban J connectivity index is 2.21. The zero-order chi connectivity index (χ0) is 12.4. The Bertz CT molecular complexity index is 433. The summed E-state index contributed by atoms with van der Waals surface area (Å²) in [4.78, 5) is 12.3. The molecule has 0 amide bonds. The normalized spacial score (nSPS) is 24.6. The molecular weight excluding hydrogens is 257 g/mol. The molecule has 2 atom stereocenters. The van der Waals surface area contributed by atoms with Crippen LogP contribution < -0.4 is 5.73 Å². The van der Waals surface area contributed by atoms with Crippen LogP contribution in [0.15, 0.2) is 18.2 Å². The molecule has 0 spiro atoms. The predicted octanol–water partition coefficient (Wildman–Crippen LogP) is 3.69. The van der Waals surface area contributed by atoms with Crippen LogP contribution in [0.5, 0.6) is 0 Å². The third kappa shape index (κ3) is 3.01. The lowest BCUT2D eigenvalue weighted by atomic mass is 9.81. The number of Topliss-reactive ketones (excluding diaryl/α,β-unsaturated/α-hetero) is 1. The van der Waals surface area contributed by atoms with Gasteiger partial charge < -0.3 is 5.73 Å². The van der Waals surface area contributed by atoms with Crippen molar-refractivity contribution in [2.24, 2.45) is 11.7 Å². The standard InChI is InChI=1S/C13H15Cl2NO/c14-9-4-5-12(15)11(7-9)13(17)8-2-1-3-10(16)6-8/h4-5,7-8,10H,1-3,6,16H2. The van der Waals surface area contributed by atoms with Crippen molar-refractivity contribution in [1.82, 2.24) is 0 Å². The van der Waals surface area contributed by atoms with E-state index in [2.05, 4.69) is 0 Å². The Kier molecular flexibility index (Phi) is 4.08. The summed E-state index contributed by atoms with van der Waals surface area (Å²) in [7, 11) is 0. The molecule has 2 nitrogen and oxygen atoms in total. The van der Waals surface area contributed by atoms with Gasteiger partial charge in [0.1, 0.15) is 0 Å². The van der Waals surface area contributed by atoms with Crippen molar-refractivity contribution in [2.75, 3.05) is 0 Å². The van der Waals surface area contributed by atoms with Gasteiger partial charge in [0.2, 0.25) is 0 Å². The van der Waals surface area contributed by atoms with Crippen molar-refractivity contribution < 1.29 is 4.79 Å². The van der Waals surface area contributed by atoms with Crippen LogP contribution in [0.2, 0.25) is 10.0 Å². The molecule has 2 N–H and O–H groups in total. The fourth-order valence-corrected chi connectivity index (χ4v) is 2.75. The van der Waals surface area contributed by atoms with E-state index in [-0.39, 0.29) is 17.7 Å². The minimum atomic E-state index is -0.00489. The summed E-state index contributed by atoms with van der Waals surface area (Å²) in [5.41, 5.74) is 6.42. The van der Waals surface area contributed by atoms with Crippen molar-refractivity contribution in [2.45, 2.75) is 31.7 Å². The first-order chi connectivity index (χ1) is 8.08. The van der Waals surface area contributed by atoms with Gasteiger partial charge in [-0.1, -0.05) is 29.6 Å². The SMILES string of the molecule is NC1CCCC(C(=O)c2cc(Cl)ccc2Cl)C1. The molecule has 0 saturated heterocycles. The number of rotatable bonds is 2. The van der Waals surface area contributed by atoms with Crippen LogP contribution in [0.1, 0.15) is 36.0 Å². The van der Waals surface area contributed by atoms with Gasteiger partial charge >= 0.3 is 0 Å². The average molecular weight is 272 g/mol. The molecule has 1 aliphatic carbocycles. The van der Waals surface area contributed by atoms with Crippen LogP contribution in [0.25, 0.3) is 0 Å². The minimum Gasteiger partial charge on any atom is -0.328 e. The highest BCUT2D eigenvalue weighted by Crippen LogP contribution is 2.30. The second-order valence-electron chi connectivity index (χ2n) is 4.61. The monoisotopic (exact) mass is 271 g/mol. The van der Waals surface area contributed by atoms with E-state index < -0.39 is 0 Å². The zero-order valence-corrected chi connectivity index (χ0v) is 11.0. The number of hydrogen-bond acceptors (Lipinski definition) is 2. The Labute approximate surface area is 111 Å². The molecule has 1 aliphatic rings. The second kappa shape index (κ2) is 5.38. The minimum absolute atomic E-state index is 0.00489. The van der Waals surface area contributed by atoms with Crippen LogP contribution in [-0.4, -0.2) is 11.8 Å². The van der Waals surface area contributed by atoms with Gasteiger partial charge in [-0.2, -0.15) is 0 Å². The first-order valence-electron chi connectivity index (χ1n) is 5.83. The van der Waals surface area contributed by atoms with E-state index in [0.29, 0.717) is 15.6 Å². The Morgan fingerprint density at radius 3 is 2.76 bits per heavy atom. The van der Waals surface area contributed by atoms with Crippen molar-refractivity contribution in [3.63, 3.8) is 0 Å². The van der Waals surface area contributed by atoms with Crippen LogP contribution in [0.4, 0.5) is 0 Å². The second-order valence-corrected chi connectivity index (χ2v) is 5.46. The highest BCUT2D eigenvalue weighted by molar-refractivity contribution is 6.36. The van der Waals surface area contributed by atoms with Gasteiger partial charge in [0, 0.05) is 22.5 Å².